The summed E-state index contributed by atoms with van der Waals surface area (Å²) in [6, 6.07) is 6.05. The summed E-state index contributed by atoms with van der Waals surface area (Å²) in [5, 5.41) is 5.01. The summed E-state index contributed by atoms with van der Waals surface area (Å²) in [5.41, 5.74) is 0.499. The Morgan fingerprint density at radius 2 is 1.77 bits per heavy atom. The van der Waals surface area contributed by atoms with E-state index >= 15 is 0 Å². The summed E-state index contributed by atoms with van der Waals surface area (Å²) in [6.45, 7) is 4.21. The second-order valence-corrected chi connectivity index (χ2v) is 9.64. The van der Waals surface area contributed by atoms with Gasteiger partial charge in [-0.25, -0.2) is 9.07 Å². The number of nitrogens with zero attached hydrogens (tertiary/aromatic N) is 4. The lowest BCUT2D eigenvalue weighted by molar-refractivity contribution is 0.0310. The quantitative estimate of drug-likeness (QED) is 0.664. The summed E-state index contributed by atoms with van der Waals surface area (Å²) < 4.78 is 15.6. The molecule has 0 N–H and O–H groups in total. The van der Waals surface area contributed by atoms with Gasteiger partial charge >= 0.3 is 0 Å². The Balaban J connectivity index is 1.67. The van der Waals surface area contributed by atoms with Crippen molar-refractivity contribution in [1.29, 1.82) is 0 Å². The van der Waals surface area contributed by atoms with E-state index in [0.29, 0.717) is 17.4 Å². The van der Waals surface area contributed by atoms with Gasteiger partial charge in [-0.1, -0.05) is 46.0 Å². The normalized spacial score (nSPS) is 25.3. The van der Waals surface area contributed by atoms with Crippen molar-refractivity contribution in [2.75, 3.05) is 4.90 Å². The highest BCUT2D eigenvalue weighted by atomic mass is 19.1. The van der Waals surface area contributed by atoms with Crippen molar-refractivity contribution in [3.63, 3.8) is 0 Å². The fourth-order valence-electron chi connectivity index (χ4n) is 6.09. The number of carbonyl (C=O) groups excluding carboxylic acids is 1. The first-order valence-electron chi connectivity index (χ1n) is 11.6. The number of benzene rings is 1. The first kappa shape index (κ1) is 19.7. The number of hydrogen-bond donors (Lipinski definition) is 0. The van der Waals surface area contributed by atoms with Crippen LogP contribution in [0.25, 0.3) is 0 Å². The summed E-state index contributed by atoms with van der Waals surface area (Å²) >= 11 is 0. The van der Waals surface area contributed by atoms with Crippen LogP contribution < -0.4 is 4.90 Å². The highest BCUT2D eigenvalue weighted by molar-refractivity contribution is 6.05. The smallest absolute Gasteiger partial charge is 0.260 e. The zero-order valence-electron chi connectivity index (χ0n) is 18.0. The molecular formula is C24H31FN4O. The molecule has 1 aromatic heterocycles. The molecular weight excluding hydrogens is 379 g/mol. The van der Waals surface area contributed by atoms with Crippen LogP contribution in [0.3, 0.4) is 0 Å². The second-order valence-electron chi connectivity index (χ2n) is 9.64. The highest BCUT2D eigenvalue weighted by Crippen LogP contribution is 2.53. The van der Waals surface area contributed by atoms with Crippen LogP contribution in [0, 0.1) is 11.7 Å². The Morgan fingerprint density at radius 1 is 1.07 bits per heavy atom. The SMILES string of the molecule is CC(C)c1nc2n(n1)C1(CCCCC1)[C@@H]1CCCC[C@@H]1N2C(=O)c1ccc(F)cc1. The summed E-state index contributed by atoms with van der Waals surface area (Å²) in [6.07, 6.45) is 10.4. The molecule has 5 nitrogen and oxygen atoms in total. The van der Waals surface area contributed by atoms with E-state index in [9.17, 15) is 9.18 Å². The van der Waals surface area contributed by atoms with E-state index in [4.69, 9.17) is 10.1 Å². The third-order valence-electron chi connectivity index (χ3n) is 7.54. The third-order valence-corrected chi connectivity index (χ3v) is 7.54. The van der Waals surface area contributed by atoms with Crippen LogP contribution in [0.1, 0.15) is 93.7 Å². The molecule has 2 aromatic rings. The van der Waals surface area contributed by atoms with Gasteiger partial charge in [0.1, 0.15) is 5.82 Å². The van der Waals surface area contributed by atoms with Crippen molar-refractivity contribution in [2.24, 2.45) is 5.92 Å². The van der Waals surface area contributed by atoms with E-state index in [2.05, 4.69) is 18.5 Å². The van der Waals surface area contributed by atoms with E-state index in [1.54, 1.807) is 12.1 Å². The van der Waals surface area contributed by atoms with Crippen molar-refractivity contribution >= 4 is 11.9 Å². The van der Waals surface area contributed by atoms with E-state index in [1.807, 2.05) is 4.90 Å². The van der Waals surface area contributed by atoms with Crippen molar-refractivity contribution in [3.05, 3.63) is 41.5 Å². The summed E-state index contributed by atoms with van der Waals surface area (Å²) in [5.74, 6) is 1.72. The second kappa shape index (κ2) is 7.47. The van der Waals surface area contributed by atoms with Crippen LogP contribution in [0.2, 0.25) is 0 Å². The molecule has 5 rings (SSSR count). The molecule has 160 valence electrons. The molecule has 0 unspecified atom stereocenters. The van der Waals surface area contributed by atoms with Crippen LogP contribution in [0.4, 0.5) is 10.3 Å². The largest absolute Gasteiger partial charge is 0.273 e. The van der Waals surface area contributed by atoms with Gasteiger partial charge in [-0.15, -0.1) is 0 Å². The number of hydrogen-bond acceptors (Lipinski definition) is 3. The molecule has 1 spiro atoms. The predicted molar refractivity (Wildman–Crippen MR) is 114 cm³/mol. The molecule has 2 heterocycles. The number of halogens is 1. The standard InChI is InChI=1S/C24H31FN4O/c1-16(2)21-26-23-28(22(30)17-10-12-18(25)13-11-17)20-9-5-4-8-19(20)24(29(23)27-21)14-6-3-7-15-24/h10-13,16,19-20H,3-9,14-15H2,1-2H3/t19-,20+/m1/s1. The van der Waals surface area contributed by atoms with Gasteiger partial charge in [0, 0.05) is 23.4 Å². The van der Waals surface area contributed by atoms with Gasteiger partial charge in [0.2, 0.25) is 5.95 Å². The topological polar surface area (TPSA) is 51.0 Å². The average Bonchev–Trinajstić information content (AvgIpc) is 3.21. The van der Waals surface area contributed by atoms with Gasteiger partial charge in [-0.2, -0.15) is 10.1 Å². The molecule has 6 heteroatoms. The first-order valence-corrected chi connectivity index (χ1v) is 11.6. The minimum absolute atomic E-state index is 0.0155. The van der Waals surface area contributed by atoms with Crippen LogP contribution >= 0.6 is 0 Å². The lowest BCUT2D eigenvalue weighted by Crippen LogP contribution is -2.61. The molecule has 2 saturated carbocycles. The molecule has 1 aromatic carbocycles. The van der Waals surface area contributed by atoms with Gasteiger partial charge in [0.15, 0.2) is 5.82 Å². The molecule has 1 aliphatic heterocycles. The average molecular weight is 411 g/mol. The Labute approximate surface area is 177 Å². The zero-order valence-corrected chi connectivity index (χ0v) is 18.0. The maximum atomic E-state index is 13.7. The highest BCUT2D eigenvalue weighted by Gasteiger charge is 2.55. The third kappa shape index (κ3) is 2.98. The fraction of sp³-hybridized carbons (Fsp3) is 0.625. The van der Waals surface area contributed by atoms with Crippen LogP contribution in [0.5, 0.6) is 0 Å². The molecule has 1 amide bonds. The van der Waals surface area contributed by atoms with E-state index in [1.165, 1.54) is 37.8 Å². The van der Waals surface area contributed by atoms with Gasteiger partial charge < -0.3 is 0 Å². The monoisotopic (exact) mass is 410 g/mol. The van der Waals surface area contributed by atoms with Crippen LogP contribution in [-0.2, 0) is 5.54 Å². The Kier molecular flexibility index (Phi) is 4.91. The maximum Gasteiger partial charge on any atom is 0.260 e. The number of aromatic nitrogens is 3. The molecule has 2 aliphatic carbocycles. The Morgan fingerprint density at radius 3 is 2.47 bits per heavy atom. The molecule has 0 radical (unpaired) electrons. The maximum absolute atomic E-state index is 13.7. The number of fused-ring (bicyclic) bond motifs is 4. The molecule has 3 aliphatic rings. The summed E-state index contributed by atoms with van der Waals surface area (Å²) in [4.78, 5) is 20.5. The predicted octanol–water partition coefficient (Wildman–Crippen LogP) is 5.42. The van der Waals surface area contributed by atoms with E-state index in [-0.39, 0.29) is 29.2 Å². The molecule has 2 fully saturated rings. The van der Waals surface area contributed by atoms with Crippen molar-refractivity contribution in [2.45, 2.75) is 89.1 Å². The van der Waals surface area contributed by atoms with Crippen molar-refractivity contribution < 1.29 is 9.18 Å². The number of carbonyl (C=O) groups is 1. The van der Waals surface area contributed by atoms with Gasteiger partial charge in [-0.3, -0.25) is 9.69 Å². The zero-order chi connectivity index (χ0) is 20.9. The van der Waals surface area contributed by atoms with E-state index in [0.717, 1.165) is 37.9 Å². The molecule has 0 bridgehead atoms. The lowest BCUT2D eigenvalue weighted by Gasteiger charge is -2.55. The van der Waals surface area contributed by atoms with Gasteiger partial charge in [0.25, 0.3) is 5.91 Å². The summed E-state index contributed by atoms with van der Waals surface area (Å²) in [7, 11) is 0. The van der Waals surface area contributed by atoms with E-state index < -0.39 is 0 Å². The minimum Gasteiger partial charge on any atom is -0.273 e. The lowest BCUT2D eigenvalue weighted by atomic mass is 9.64. The Bertz CT molecular complexity index is 929. The van der Waals surface area contributed by atoms with Gasteiger partial charge in [-0.05, 0) is 49.9 Å². The minimum atomic E-state index is -0.327. The number of amides is 1. The fourth-order valence-corrected chi connectivity index (χ4v) is 6.09. The molecule has 0 saturated heterocycles. The number of anilines is 1. The number of rotatable bonds is 2. The van der Waals surface area contributed by atoms with Crippen molar-refractivity contribution in [3.8, 4) is 0 Å². The molecule has 2 atom stereocenters. The van der Waals surface area contributed by atoms with Gasteiger partial charge in [0.05, 0.1) is 5.54 Å². The Hall–Kier alpha value is -2.24. The molecule has 30 heavy (non-hydrogen) atoms. The van der Waals surface area contributed by atoms with Crippen LogP contribution in [0.15, 0.2) is 24.3 Å². The first-order chi connectivity index (χ1) is 14.5. The van der Waals surface area contributed by atoms with Crippen LogP contribution in [-0.4, -0.2) is 26.7 Å². The van der Waals surface area contributed by atoms with Crippen molar-refractivity contribution in [1.82, 2.24) is 14.8 Å².